The number of amides is 1. The number of nitrogens with one attached hydrogen (secondary N) is 1. The Balaban J connectivity index is 2.24. The number of rotatable bonds is 7. The topological polar surface area (TPSA) is 95.1 Å². The molecule has 0 atom stereocenters. The van der Waals surface area contributed by atoms with Crippen LogP contribution in [0.2, 0.25) is 0 Å². The lowest BCUT2D eigenvalue weighted by Crippen LogP contribution is -2.13. The third kappa shape index (κ3) is 5.12. The van der Waals surface area contributed by atoms with Gasteiger partial charge >= 0.3 is 0 Å². The Labute approximate surface area is 151 Å². The number of anilines is 1. The minimum absolute atomic E-state index is 0.0398. The molecule has 0 aromatic heterocycles. The lowest BCUT2D eigenvalue weighted by Gasteiger charge is -2.11. The lowest BCUT2D eigenvalue weighted by molar-refractivity contribution is -0.112. The standard InChI is InChI=1S/C20H17N3O3/c1-2-25-19-13-15(8-9-18(19)26-11-10-21)12-16(14-22)20(24)23-17-6-4-3-5-7-17/h3-9,12-13H,2,11H2,1H3,(H,23,24)/b16-12-. The predicted molar refractivity (Wildman–Crippen MR) is 97.4 cm³/mol. The second-order valence-corrected chi connectivity index (χ2v) is 5.08. The van der Waals surface area contributed by atoms with Crippen molar-refractivity contribution in [1.82, 2.24) is 0 Å². The van der Waals surface area contributed by atoms with Gasteiger partial charge in [0.1, 0.15) is 17.7 Å². The molecule has 6 heteroatoms. The quantitative estimate of drug-likeness (QED) is 0.610. The molecule has 6 nitrogen and oxygen atoms in total. The van der Waals surface area contributed by atoms with Crippen LogP contribution in [0, 0.1) is 22.7 Å². The fraction of sp³-hybridized carbons (Fsp3) is 0.150. The molecule has 0 saturated carbocycles. The summed E-state index contributed by atoms with van der Waals surface area (Å²) in [5.41, 5.74) is 1.17. The number of hydrogen-bond acceptors (Lipinski definition) is 5. The van der Waals surface area contributed by atoms with Crippen molar-refractivity contribution in [2.45, 2.75) is 6.92 Å². The third-order valence-electron chi connectivity index (χ3n) is 3.27. The molecule has 2 rings (SSSR count). The summed E-state index contributed by atoms with van der Waals surface area (Å²) in [6, 6.07) is 17.7. The zero-order chi connectivity index (χ0) is 18.8. The molecule has 1 N–H and O–H groups in total. The van der Waals surface area contributed by atoms with E-state index in [9.17, 15) is 10.1 Å². The number of para-hydroxylation sites is 1. The zero-order valence-corrected chi connectivity index (χ0v) is 14.2. The van der Waals surface area contributed by atoms with Gasteiger partial charge in [-0.3, -0.25) is 4.79 Å². The Morgan fingerprint density at radius 2 is 1.88 bits per heavy atom. The number of hydrogen-bond donors (Lipinski definition) is 1. The number of nitriles is 2. The van der Waals surface area contributed by atoms with Crippen LogP contribution in [-0.2, 0) is 4.79 Å². The summed E-state index contributed by atoms with van der Waals surface area (Å²) in [4.78, 5) is 12.3. The van der Waals surface area contributed by atoms with E-state index in [1.165, 1.54) is 6.08 Å². The van der Waals surface area contributed by atoms with Crippen molar-refractivity contribution < 1.29 is 14.3 Å². The smallest absolute Gasteiger partial charge is 0.266 e. The minimum Gasteiger partial charge on any atom is -0.490 e. The van der Waals surface area contributed by atoms with E-state index in [-0.39, 0.29) is 12.2 Å². The molecule has 0 bridgehead atoms. The summed E-state index contributed by atoms with van der Waals surface area (Å²) in [5.74, 6) is 0.372. The molecule has 0 aliphatic carbocycles. The molecule has 0 aliphatic heterocycles. The summed E-state index contributed by atoms with van der Waals surface area (Å²) in [7, 11) is 0. The van der Waals surface area contributed by atoms with E-state index < -0.39 is 5.91 Å². The SMILES string of the molecule is CCOc1cc(/C=C(/C#N)C(=O)Nc2ccccc2)ccc1OCC#N. The summed E-state index contributed by atoms with van der Waals surface area (Å²) < 4.78 is 10.8. The fourth-order valence-electron chi connectivity index (χ4n) is 2.15. The van der Waals surface area contributed by atoms with Crippen LogP contribution in [0.3, 0.4) is 0 Å². The van der Waals surface area contributed by atoms with E-state index >= 15 is 0 Å². The number of carbonyl (C=O) groups is 1. The molecule has 0 unspecified atom stereocenters. The molecular weight excluding hydrogens is 330 g/mol. The molecule has 130 valence electrons. The predicted octanol–water partition coefficient (Wildman–Crippen LogP) is 3.53. The van der Waals surface area contributed by atoms with Crippen LogP contribution in [0.4, 0.5) is 5.69 Å². The molecule has 0 radical (unpaired) electrons. The summed E-state index contributed by atoms with van der Waals surface area (Å²) in [5, 5.41) is 20.6. The van der Waals surface area contributed by atoms with Crippen molar-refractivity contribution in [2.75, 3.05) is 18.5 Å². The van der Waals surface area contributed by atoms with E-state index in [0.717, 1.165) is 0 Å². The maximum absolute atomic E-state index is 12.3. The number of carbonyl (C=O) groups excluding carboxylic acids is 1. The van der Waals surface area contributed by atoms with Gasteiger partial charge in [-0.15, -0.1) is 0 Å². The average molecular weight is 347 g/mol. The van der Waals surface area contributed by atoms with Crippen molar-refractivity contribution >= 4 is 17.7 Å². The summed E-state index contributed by atoms with van der Waals surface area (Å²) >= 11 is 0. The first-order valence-electron chi connectivity index (χ1n) is 7.92. The highest BCUT2D eigenvalue weighted by Crippen LogP contribution is 2.29. The van der Waals surface area contributed by atoms with Gasteiger partial charge in [0.15, 0.2) is 18.1 Å². The zero-order valence-electron chi connectivity index (χ0n) is 14.2. The maximum Gasteiger partial charge on any atom is 0.266 e. The van der Waals surface area contributed by atoms with Gasteiger partial charge in [-0.1, -0.05) is 24.3 Å². The van der Waals surface area contributed by atoms with Crippen LogP contribution in [-0.4, -0.2) is 19.1 Å². The second kappa shape index (κ2) is 9.51. The average Bonchev–Trinajstić information content (AvgIpc) is 2.66. The Morgan fingerprint density at radius 1 is 1.12 bits per heavy atom. The maximum atomic E-state index is 12.3. The van der Waals surface area contributed by atoms with E-state index in [0.29, 0.717) is 29.4 Å². The Kier molecular flexibility index (Phi) is 6.79. The van der Waals surface area contributed by atoms with Gasteiger partial charge in [-0.25, -0.2) is 0 Å². The highest BCUT2D eigenvalue weighted by Gasteiger charge is 2.11. The van der Waals surface area contributed by atoms with Crippen molar-refractivity contribution in [3.63, 3.8) is 0 Å². The molecule has 2 aromatic rings. The largest absolute Gasteiger partial charge is 0.490 e. The molecule has 0 fully saturated rings. The van der Waals surface area contributed by atoms with E-state index in [2.05, 4.69) is 5.32 Å². The second-order valence-electron chi connectivity index (χ2n) is 5.08. The highest BCUT2D eigenvalue weighted by atomic mass is 16.5. The van der Waals surface area contributed by atoms with Crippen molar-refractivity contribution in [3.05, 3.63) is 59.7 Å². The number of nitrogens with zero attached hydrogens (tertiary/aromatic N) is 2. The molecule has 0 aliphatic rings. The number of ether oxygens (including phenoxy) is 2. The molecule has 2 aromatic carbocycles. The molecule has 1 amide bonds. The van der Waals surface area contributed by atoms with E-state index in [1.54, 1.807) is 42.5 Å². The Morgan fingerprint density at radius 3 is 2.54 bits per heavy atom. The van der Waals surface area contributed by atoms with Crippen molar-refractivity contribution in [1.29, 1.82) is 10.5 Å². The van der Waals surface area contributed by atoms with Crippen LogP contribution in [0.25, 0.3) is 6.08 Å². The normalized spacial score (nSPS) is 10.3. The monoisotopic (exact) mass is 347 g/mol. The minimum atomic E-state index is -0.499. The van der Waals surface area contributed by atoms with Gasteiger partial charge < -0.3 is 14.8 Å². The van der Waals surface area contributed by atoms with Gasteiger partial charge in [-0.05, 0) is 42.8 Å². The molecule has 26 heavy (non-hydrogen) atoms. The van der Waals surface area contributed by atoms with Crippen LogP contribution >= 0.6 is 0 Å². The van der Waals surface area contributed by atoms with Crippen LogP contribution < -0.4 is 14.8 Å². The fourth-order valence-corrected chi connectivity index (χ4v) is 2.15. The molecule has 0 saturated heterocycles. The van der Waals surface area contributed by atoms with Gasteiger partial charge in [0, 0.05) is 5.69 Å². The Hall–Kier alpha value is -3.77. The van der Waals surface area contributed by atoms with Gasteiger partial charge in [0.25, 0.3) is 5.91 Å². The first-order valence-corrected chi connectivity index (χ1v) is 7.92. The van der Waals surface area contributed by atoms with Crippen LogP contribution in [0.15, 0.2) is 54.1 Å². The molecule has 0 heterocycles. The van der Waals surface area contributed by atoms with Crippen molar-refractivity contribution in [3.8, 4) is 23.6 Å². The van der Waals surface area contributed by atoms with Gasteiger partial charge in [0.2, 0.25) is 0 Å². The molecule has 0 spiro atoms. The Bertz CT molecular complexity index is 877. The third-order valence-corrected chi connectivity index (χ3v) is 3.27. The van der Waals surface area contributed by atoms with Crippen molar-refractivity contribution in [2.24, 2.45) is 0 Å². The first kappa shape index (κ1) is 18.6. The summed E-state index contributed by atoms with van der Waals surface area (Å²) in [6.45, 7) is 2.14. The van der Waals surface area contributed by atoms with Crippen LogP contribution in [0.1, 0.15) is 12.5 Å². The summed E-state index contributed by atoms with van der Waals surface area (Å²) in [6.07, 6.45) is 1.47. The van der Waals surface area contributed by atoms with Gasteiger partial charge in [-0.2, -0.15) is 10.5 Å². The van der Waals surface area contributed by atoms with E-state index in [4.69, 9.17) is 14.7 Å². The van der Waals surface area contributed by atoms with E-state index in [1.807, 2.05) is 25.1 Å². The van der Waals surface area contributed by atoms with Gasteiger partial charge in [0.05, 0.1) is 6.61 Å². The molecular formula is C20H17N3O3. The highest BCUT2D eigenvalue weighted by molar-refractivity contribution is 6.09. The first-order chi connectivity index (χ1) is 12.7. The van der Waals surface area contributed by atoms with Crippen LogP contribution in [0.5, 0.6) is 11.5 Å². The lowest BCUT2D eigenvalue weighted by atomic mass is 10.1. The number of benzene rings is 2.